The van der Waals surface area contributed by atoms with Crippen molar-refractivity contribution in [3.63, 3.8) is 0 Å². The van der Waals surface area contributed by atoms with Crippen molar-refractivity contribution in [2.24, 2.45) is 0 Å². The summed E-state index contributed by atoms with van der Waals surface area (Å²) in [5.74, 6) is 0.716. The van der Waals surface area contributed by atoms with Gasteiger partial charge in [0.25, 0.3) is 0 Å². The van der Waals surface area contributed by atoms with Crippen LogP contribution in [-0.2, 0) is 0 Å². The van der Waals surface area contributed by atoms with Crippen LogP contribution in [0.4, 0.5) is 0 Å². The monoisotopic (exact) mass is 228 g/mol. The molecule has 3 heteroatoms. The number of oxazole rings is 1. The van der Waals surface area contributed by atoms with Crippen molar-refractivity contribution in [2.75, 3.05) is 6.54 Å². The average molecular weight is 228 g/mol. The number of benzene rings is 1. The highest BCUT2D eigenvalue weighted by atomic mass is 16.3. The number of nitrogens with zero attached hydrogens (tertiary/aromatic N) is 1. The summed E-state index contributed by atoms with van der Waals surface area (Å²) in [6.45, 7) is 1.08. The molecule has 1 atom stereocenters. The first kappa shape index (κ1) is 10.5. The van der Waals surface area contributed by atoms with Crippen molar-refractivity contribution >= 4 is 0 Å². The lowest BCUT2D eigenvalue weighted by atomic mass is 10.0. The summed E-state index contributed by atoms with van der Waals surface area (Å²) in [6, 6.07) is 10.4. The van der Waals surface area contributed by atoms with Crippen LogP contribution < -0.4 is 5.32 Å². The van der Waals surface area contributed by atoms with Gasteiger partial charge in [-0.2, -0.15) is 0 Å². The van der Waals surface area contributed by atoms with Crippen LogP contribution in [0.5, 0.6) is 0 Å². The predicted molar refractivity (Wildman–Crippen MR) is 66.5 cm³/mol. The van der Waals surface area contributed by atoms with Gasteiger partial charge in [0, 0.05) is 5.56 Å². The van der Waals surface area contributed by atoms with E-state index in [-0.39, 0.29) is 0 Å². The van der Waals surface area contributed by atoms with Gasteiger partial charge in [-0.3, -0.25) is 0 Å². The highest BCUT2D eigenvalue weighted by Gasteiger charge is 2.18. The maximum absolute atomic E-state index is 5.55. The fourth-order valence-electron chi connectivity index (χ4n) is 2.26. The number of nitrogens with one attached hydrogen (secondary N) is 1. The molecule has 3 rings (SSSR count). The van der Waals surface area contributed by atoms with E-state index in [1.165, 1.54) is 12.8 Å². The lowest BCUT2D eigenvalue weighted by Crippen LogP contribution is -2.26. The average Bonchev–Trinajstić information content (AvgIpc) is 2.90. The SMILES string of the molecule is c1ccc(-c2nc(C3CCCCN3)co2)cc1. The molecule has 0 saturated carbocycles. The molecule has 1 fully saturated rings. The van der Waals surface area contributed by atoms with Crippen LogP contribution in [0, 0.1) is 0 Å². The first-order valence-corrected chi connectivity index (χ1v) is 6.18. The van der Waals surface area contributed by atoms with E-state index in [9.17, 15) is 0 Å². The van der Waals surface area contributed by atoms with Gasteiger partial charge < -0.3 is 9.73 Å². The topological polar surface area (TPSA) is 38.1 Å². The zero-order chi connectivity index (χ0) is 11.5. The molecule has 88 valence electrons. The first-order valence-electron chi connectivity index (χ1n) is 6.18. The Morgan fingerprint density at radius 2 is 2.06 bits per heavy atom. The molecule has 3 nitrogen and oxygen atoms in total. The summed E-state index contributed by atoms with van der Waals surface area (Å²) in [7, 11) is 0. The molecule has 1 N–H and O–H groups in total. The van der Waals surface area contributed by atoms with Gasteiger partial charge in [0.15, 0.2) is 0 Å². The van der Waals surface area contributed by atoms with Crippen LogP contribution >= 0.6 is 0 Å². The van der Waals surface area contributed by atoms with Crippen LogP contribution in [0.1, 0.15) is 31.0 Å². The molecule has 1 aromatic carbocycles. The minimum atomic E-state index is 0.366. The lowest BCUT2D eigenvalue weighted by Gasteiger charge is -2.20. The molecule has 0 aliphatic carbocycles. The number of aromatic nitrogens is 1. The Kier molecular flexibility index (Phi) is 2.92. The third kappa shape index (κ3) is 2.24. The summed E-state index contributed by atoms with van der Waals surface area (Å²) < 4.78 is 5.55. The van der Waals surface area contributed by atoms with Crippen molar-refractivity contribution < 1.29 is 4.42 Å². The zero-order valence-corrected chi connectivity index (χ0v) is 9.73. The van der Waals surface area contributed by atoms with Gasteiger partial charge in [-0.15, -0.1) is 0 Å². The molecular formula is C14H16N2O. The van der Waals surface area contributed by atoms with Gasteiger partial charge in [-0.1, -0.05) is 24.6 Å². The molecular weight excluding hydrogens is 212 g/mol. The molecule has 0 amide bonds. The highest BCUT2D eigenvalue weighted by molar-refractivity contribution is 5.52. The van der Waals surface area contributed by atoms with E-state index < -0.39 is 0 Å². The second kappa shape index (κ2) is 4.72. The van der Waals surface area contributed by atoms with E-state index in [4.69, 9.17) is 4.42 Å². The van der Waals surface area contributed by atoms with E-state index in [1.807, 2.05) is 30.3 Å². The molecule has 1 unspecified atom stereocenters. The summed E-state index contributed by atoms with van der Waals surface area (Å²) in [5.41, 5.74) is 2.07. The largest absolute Gasteiger partial charge is 0.444 e. The molecule has 2 heterocycles. The van der Waals surface area contributed by atoms with Crippen LogP contribution in [0.25, 0.3) is 11.5 Å². The Labute approximate surface area is 101 Å². The molecule has 0 radical (unpaired) electrons. The molecule has 2 aromatic rings. The standard InChI is InChI=1S/C14H16N2O/c1-2-6-11(7-3-1)14-16-13(10-17-14)12-8-4-5-9-15-12/h1-3,6-7,10,12,15H,4-5,8-9H2. The molecule has 1 aliphatic heterocycles. The number of rotatable bonds is 2. The fourth-order valence-corrected chi connectivity index (χ4v) is 2.26. The zero-order valence-electron chi connectivity index (χ0n) is 9.73. The number of hydrogen-bond acceptors (Lipinski definition) is 3. The lowest BCUT2D eigenvalue weighted by molar-refractivity contribution is 0.404. The van der Waals surface area contributed by atoms with Crippen LogP contribution in [0.15, 0.2) is 41.0 Å². The highest BCUT2D eigenvalue weighted by Crippen LogP contribution is 2.25. The minimum absolute atomic E-state index is 0.366. The molecule has 1 saturated heterocycles. The van der Waals surface area contributed by atoms with Gasteiger partial charge in [0.2, 0.25) is 5.89 Å². The van der Waals surface area contributed by atoms with E-state index in [0.717, 1.165) is 24.2 Å². The van der Waals surface area contributed by atoms with Crippen LogP contribution in [0.3, 0.4) is 0 Å². The minimum Gasteiger partial charge on any atom is -0.444 e. The van der Waals surface area contributed by atoms with Crippen LogP contribution in [0.2, 0.25) is 0 Å². The Morgan fingerprint density at radius 3 is 2.82 bits per heavy atom. The van der Waals surface area contributed by atoms with Gasteiger partial charge in [0.05, 0.1) is 11.7 Å². The Balaban J connectivity index is 1.83. The summed E-state index contributed by atoms with van der Waals surface area (Å²) in [4.78, 5) is 4.58. The molecule has 17 heavy (non-hydrogen) atoms. The number of piperidine rings is 1. The normalized spacial score (nSPS) is 20.4. The molecule has 1 aliphatic rings. The molecule has 0 spiro atoms. The summed E-state index contributed by atoms with van der Waals surface area (Å²) in [5, 5.41) is 3.48. The maximum atomic E-state index is 5.55. The van der Waals surface area contributed by atoms with Crippen molar-refractivity contribution in [1.82, 2.24) is 10.3 Å². The predicted octanol–water partition coefficient (Wildman–Crippen LogP) is 3.16. The quantitative estimate of drug-likeness (QED) is 0.858. The van der Waals surface area contributed by atoms with Crippen molar-refractivity contribution in [3.8, 4) is 11.5 Å². The Bertz CT molecular complexity index is 472. The van der Waals surface area contributed by atoms with Gasteiger partial charge in [0.1, 0.15) is 6.26 Å². The molecule has 0 bridgehead atoms. The van der Waals surface area contributed by atoms with Crippen molar-refractivity contribution in [1.29, 1.82) is 0 Å². The third-order valence-electron chi connectivity index (χ3n) is 3.21. The Hall–Kier alpha value is -1.61. The van der Waals surface area contributed by atoms with Crippen molar-refractivity contribution in [2.45, 2.75) is 25.3 Å². The van der Waals surface area contributed by atoms with E-state index >= 15 is 0 Å². The summed E-state index contributed by atoms with van der Waals surface area (Å²) >= 11 is 0. The van der Waals surface area contributed by atoms with Crippen LogP contribution in [-0.4, -0.2) is 11.5 Å². The van der Waals surface area contributed by atoms with Gasteiger partial charge >= 0.3 is 0 Å². The second-order valence-electron chi connectivity index (χ2n) is 4.45. The Morgan fingerprint density at radius 1 is 1.18 bits per heavy atom. The maximum Gasteiger partial charge on any atom is 0.226 e. The number of hydrogen-bond donors (Lipinski definition) is 1. The van der Waals surface area contributed by atoms with Gasteiger partial charge in [-0.25, -0.2) is 4.98 Å². The first-order chi connectivity index (χ1) is 8.43. The smallest absolute Gasteiger partial charge is 0.226 e. The molecule has 1 aromatic heterocycles. The summed E-state index contributed by atoms with van der Waals surface area (Å²) in [6.07, 6.45) is 5.47. The second-order valence-corrected chi connectivity index (χ2v) is 4.45. The van der Waals surface area contributed by atoms with E-state index in [0.29, 0.717) is 11.9 Å². The van der Waals surface area contributed by atoms with Crippen molar-refractivity contribution in [3.05, 3.63) is 42.3 Å². The fraction of sp³-hybridized carbons (Fsp3) is 0.357. The van der Waals surface area contributed by atoms with E-state index in [2.05, 4.69) is 10.3 Å². The van der Waals surface area contributed by atoms with E-state index in [1.54, 1.807) is 6.26 Å². The van der Waals surface area contributed by atoms with Gasteiger partial charge in [-0.05, 0) is 31.5 Å². The third-order valence-corrected chi connectivity index (χ3v) is 3.21.